The maximum atomic E-state index is 12.4. The van der Waals surface area contributed by atoms with Crippen molar-refractivity contribution >= 4 is 30.2 Å². The smallest absolute Gasteiger partial charge is 0.290 e. The molecule has 1 aromatic rings. The first kappa shape index (κ1) is 24.3. The van der Waals surface area contributed by atoms with Crippen LogP contribution >= 0.6 is 11.3 Å². The van der Waals surface area contributed by atoms with Gasteiger partial charge in [0.15, 0.2) is 0 Å². The number of carbonyl (C=O) groups is 3. The van der Waals surface area contributed by atoms with Crippen LogP contribution in [-0.2, 0) is 32.2 Å². The van der Waals surface area contributed by atoms with Crippen LogP contribution in [0, 0.1) is 5.92 Å². The summed E-state index contributed by atoms with van der Waals surface area (Å²) in [4.78, 5) is 37.5. The van der Waals surface area contributed by atoms with E-state index in [1.807, 2.05) is 23.3 Å². The number of ether oxygens (including phenoxy) is 1. The Bertz CT molecular complexity index is 673. The summed E-state index contributed by atoms with van der Waals surface area (Å²) in [6.07, 6.45) is 2.69. The predicted octanol–water partition coefficient (Wildman–Crippen LogP) is 1.03. The fraction of sp³-hybridized carbons (Fsp3) is 0.650. The van der Waals surface area contributed by atoms with Gasteiger partial charge in [-0.15, -0.1) is 11.3 Å². The van der Waals surface area contributed by atoms with Gasteiger partial charge in [-0.25, -0.2) is 0 Å². The summed E-state index contributed by atoms with van der Waals surface area (Å²) in [6.45, 7) is 7.01. The van der Waals surface area contributed by atoms with Crippen LogP contribution in [0.4, 0.5) is 0 Å². The van der Waals surface area contributed by atoms with Gasteiger partial charge in [0.1, 0.15) is 0 Å². The lowest BCUT2D eigenvalue weighted by molar-refractivity contribution is -0.134. The third-order valence-electron chi connectivity index (χ3n) is 5.51. The first-order valence-electron chi connectivity index (χ1n) is 10.0. The highest BCUT2D eigenvalue weighted by atomic mass is 32.1. The topological polar surface area (TPSA) is 111 Å². The molecule has 2 bridgehead atoms. The normalized spacial score (nSPS) is 24.2. The lowest BCUT2D eigenvalue weighted by Crippen LogP contribution is -2.42. The Hall–Kier alpha value is -2.01. The van der Waals surface area contributed by atoms with Crippen LogP contribution in [0.25, 0.3) is 0 Å². The average Bonchev–Trinajstić information content (AvgIpc) is 3.32. The number of carboxylic acid groups (broad SMARTS) is 2. The van der Waals surface area contributed by atoms with Crippen molar-refractivity contribution in [3.05, 3.63) is 21.9 Å². The molecule has 2 N–H and O–H groups in total. The van der Waals surface area contributed by atoms with E-state index < -0.39 is 0 Å². The standard InChI is InChI=1S/C18H27N3O2S.2CH2O2/c1-19-16-9-21(8-15(18(19)22)11-23-12-16)10-17-6-14(13-24-17)7-20-4-2-3-5-20;2*2-1-3/h6,13,15-16H,2-5,7-12H2,1H3;2*1H,(H,2,3)/t15-,16+;;/m1../s1. The SMILES string of the molecule is CN1C(=O)[C@H]2COC[C@@H]1CN(Cc1cc(CN3CCCC3)cs1)C2.O=CO.O=CO. The molecule has 3 aliphatic rings. The Morgan fingerprint density at radius 1 is 1.10 bits per heavy atom. The molecule has 168 valence electrons. The Labute approximate surface area is 180 Å². The van der Waals surface area contributed by atoms with Gasteiger partial charge in [-0.05, 0) is 42.9 Å². The number of thiophene rings is 1. The van der Waals surface area contributed by atoms with Crippen LogP contribution in [0.15, 0.2) is 11.4 Å². The molecule has 3 fully saturated rings. The third kappa shape index (κ3) is 7.05. The van der Waals surface area contributed by atoms with Gasteiger partial charge in [-0.2, -0.15) is 0 Å². The third-order valence-corrected chi connectivity index (χ3v) is 6.48. The van der Waals surface area contributed by atoms with E-state index in [1.54, 1.807) is 0 Å². The van der Waals surface area contributed by atoms with Crippen LogP contribution in [-0.4, -0.2) is 96.2 Å². The van der Waals surface area contributed by atoms with Gasteiger partial charge in [0.25, 0.3) is 12.9 Å². The van der Waals surface area contributed by atoms with Crippen molar-refractivity contribution in [3.63, 3.8) is 0 Å². The van der Waals surface area contributed by atoms with Crippen LogP contribution in [0.5, 0.6) is 0 Å². The van der Waals surface area contributed by atoms with Crippen molar-refractivity contribution in [2.75, 3.05) is 46.4 Å². The summed E-state index contributed by atoms with van der Waals surface area (Å²) in [5, 5.41) is 16.1. The molecular formula is C20H31N3O6S. The molecule has 1 amide bonds. The van der Waals surface area contributed by atoms with Crippen molar-refractivity contribution in [1.82, 2.24) is 14.7 Å². The Kier molecular flexibility index (Phi) is 10.2. The van der Waals surface area contributed by atoms with Crippen LogP contribution < -0.4 is 0 Å². The van der Waals surface area contributed by atoms with Crippen molar-refractivity contribution in [1.29, 1.82) is 0 Å². The summed E-state index contributed by atoms with van der Waals surface area (Å²) in [7, 11) is 1.93. The number of amides is 1. The van der Waals surface area contributed by atoms with E-state index in [9.17, 15) is 4.79 Å². The summed E-state index contributed by atoms with van der Waals surface area (Å²) in [5.74, 6) is 0.243. The second kappa shape index (κ2) is 12.6. The van der Waals surface area contributed by atoms with Gasteiger partial charge in [0.2, 0.25) is 5.91 Å². The van der Waals surface area contributed by atoms with E-state index in [4.69, 9.17) is 24.5 Å². The highest BCUT2D eigenvalue weighted by molar-refractivity contribution is 7.10. The van der Waals surface area contributed by atoms with Gasteiger partial charge < -0.3 is 19.8 Å². The maximum absolute atomic E-state index is 12.4. The highest BCUT2D eigenvalue weighted by Crippen LogP contribution is 2.24. The van der Waals surface area contributed by atoms with Crippen LogP contribution in [0.1, 0.15) is 23.3 Å². The molecule has 3 aliphatic heterocycles. The van der Waals surface area contributed by atoms with Crippen molar-refractivity contribution < 1.29 is 29.3 Å². The molecule has 9 nitrogen and oxygen atoms in total. The second-order valence-electron chi connectivity index (χ2n) is 7.65. The average molecular weight is 442 g/mol. The lowest BCUT2D eigenvalue weighted by atomic mass is 10.1. The van der Waals surface area contributed by atoms with E-state index in [0.29, 0.717) is 13.2 Å². The Morgan fingerprint density at radius 2 is 1.77 bits per heavy atom. The lowest BCUT2D eigenvalue weighted by Gasteiger charge is -2.28. The minimum Gasteiger partial charge on any atom is -0.483 e. The van der Waals surface area contributed by atoms with Crippen LogP contribution in [0.3, 0.4) is 0 Å². The molecule has 4 rings (SSSR count). The van der Waals surface area contributed by atoms with E-state index in [0.717, 1.165) is 26.2 Å². The second-order valence-corrected chi connectivity index (χ2v) is 8.64. The number of fused-ring (bicyclic) bond motifs is 3. The quantitative estimate of drug-likeness (QED) is 0.667. The zero-order valence-electron chi connectivity index (χ0n) is 17.3. The summed E-state index contributed by atoms with van der Waals surface area (Å²) in [6, 6.07) is 2.56. The molecule has 0 unspecified atom stereocenters. The largest absolute Gasteiger partial charge is 0.483 e. The summed E-state index contributed by atoms with van der Waals surface area (Å²) >= 11 is 1.86. The number of nitrogens with zero attached hydrogens (tertiary/aromatic N) is 3. The molecule has 0 aliphatic carbocycles. The number of likely N-dealkylation sites (tertiary alicyclic amines) is 1. The molecule has 3 saturated heterocycles. The van der Waals surface area contributed by atoms with Gasteiger partial charge in [-0.1, -0.05) is 0 Å². The van der Waals surface area contributed by atoms with E-state index in [-0.39, 0.29) is 30.8 Å². The summed E-state index contributed by atoms with van der Waals surface area (Å²) in [5.41, 5.74) is 1.45. The van der Waals surface area contributed by atoms with Gasteiger partial charge in [-0.3, -0.25) is 24.2 Å². The number of likely N-dealkylation sites (N-methyl/N-ethyl adjacent to an activating group) is 1. The summed E-state index contributed by atoms with van der Waals surface area (Å²) < 4.78 is 5.69. The first-order valence-corrected chi connectivity index (χ1v) is 10.9. The van der Waals surface area contributed by atoms with Crippen LogP contribution in [0.2, 0.25) is 0 Å². The Morgan fingerprint density at radius 3 is 2.43 bits per heavy atom. The molecule has 1 aromatic heterocycles. The molecule has 0 aromatic carbocycles. The minimum atomic E-state index is -0.250. The Balaban J connectivity index is 0.000000480. The minimum absolute atomic E-state index is 0.00784. The molecule has 10 heteroatoms. The molecule has 2 atom stereocenters. The molecular weight excluding hydrogens is 410 g/mol. The zero-order valence-corrected chi connectivity index (χ0v) is 18.1. The highest BCUT2D eigenvalue weighted by Gasteiger charge is 2.37. The number of carbonyl (C=O) groups excluding carboxylic acids is 1. The predicted molar refractivity (Wildman–Crippen MR) is 112 cm³/mol. The van der Waals surface area contributed by atoms with Gasteiger partial charge >= 0.3 is 0 Å². The van der Waals surface area contributed by atoms with Gasteiger partial charge in [0.05, 0.1) is 25.2 Å². The molecule has 0 radical (unpaired) electrons. The number of hydrogen-bond acceptors (Lipinski definition) is 7. The first-order chi connectivity index (χ1) is 14.5. The molecule has 4 heterocycles. The van der Waals surface area contributed by atoms with Crippen molar-refractivity contribution in [2.45, 2.75) is 32.0 Å². The molecule has 30 heavy (non-hydrogen) atoms. The number of rotatable bonds is 4. The fourth-order valence-electron chi connectivity index (χ4n) is 4.13. The maximum Gasteiger partial charge on any atom is 0.290 e. The van der Waals surface area contributed by atoms with E-state index >= 15 is 0 Å². The fourth-order valence-corrected chi connectivity index (χ4v) is 5.05. The van der Waals surface area contributed by atoms with Gasteiger partial charge in [0, 0.05) is 38.1 Å². The van der Waals surface area contributed by atoms with E-state index in [1.165, 1.54) is 36.4 Å². The molecule has 0 spiro atoms. The van der Waals surface area contributed by atoms with Crippen molar-refractivity contribution in [3.8, 4) is 0 Å². The zero-order chi connectivity index (χ0) is 21.9. The van der Waals surface area contributed by atoms with Crippen molar-refractivity contribution in [2.24, 2.45) is 5.92 Å². The number of hydrogen-bond donors (Lipinski definition) is 2. The monoisotopic (exact) mass is 441 g/mol. The molecule has 0 saturated carbocycles. The van der Waals surface area contributed by atoms with E-state index in [2.05, 4.69) is 21.2 Å².